The van der Waals surface area contributed by atoms with Crippen molar-refractivity contribution in [2.24, 2.45) is 4.99 Å². The van der Waals surface area contributed by atoms with Gasteiger partial charge in [0.15, 0.2) is 5.96 Å². The van der Waals surface area contributed by atoms with Gasteiger partial charge in [-0.2, -0.15) is 16.9 Å². The van der Waals surface area contributed by atoms with Crippen LogP contribution in [0.1, 0.15) is 26.3 Å². The molecule has 9 heteroatoms. The Bertz CT molecular complexity index is 779. The number of anilines is 1. The van der Waals surface area contributed by atoms with E-state index in [1.165, 1.54) is 0 Å². The van der Waals surface area contributed by atoms with Gasteiger partial charge in [-0.15, -0.1) is 24.0 Å². The van der Waals surface area contributed by atoms with E-state index in [1.807, 2.05) is 43.0 Å². The van der Waals surface area contributed by atoms with Gasteiger partial charge in [0.1, 0.15) is 6.54 Å². The van der Waals surface area contributed by atoms with Gasteiger partial charge >= 0.3 is 0 Å². The second-order valence-electron chi connectivity index (χ2n) is 6.96. The molecule has 160 valence electrons. The molecule has 1 amide bonds. The summed E-state index contributed by atoms with van der Waals surface area (Å²) in [7, 11) is 0. The van der Waals surface area contributed by atoms with Gasteiger partial charge < -0.3 is 16.0 Å². The molecule has 0 saturated heterocycles. The lowest BCUT2D eigenvalue weighted by Gasteiger charge is -2.23. The highest BCUT2D eigenvalue weighted by atomic mass is 127. The van der Waals surface area contributed by atoms with Gasteiger partial charge in [-0.05, 0) is 50.8 Å². The van der Waals surface area contributed by atoms with Crippen LogP contribution in [0.4, 0.5) is 5.69 Å². The zero-order chi connectivity index (χ0) is 20.4. The number of thioether (sulfide) groups is 1. The van der Waals surface area contributed by atoms with Crippen molar-refractivity contribution in [3.05, 3.63) is 48.3 Å². The lowest BCUT2D eigenvalue weighted by atomic mass is 10.2. The van der Waals surface area contributed by atoms with Gasteiger partial charge in [0.05, 0.1) is 6.54 Å². The number of carbonyl (C=O) groups excluding carboxylic acids is 1. The normalized spacial score (nSPS) is 11.5. The summed E-state index contributed by atoms with van der Waals surface area (Å²) < 4.78 is 1.73. The molecule has 0 radical (unpaired) electrons. The molecule has 0 spiro atoms. The minimum absolute atomic E-state index is 0. The van der Waals surface area contributed by atoms with Crippen LogP contribution < -0.4 is 16.0 Å². The molecule has 0 aliphatic rings. The van der Waals surface area contributed by atoms with Crippen molar-refractivity contribution in [2.75, 3.05) is 24.7 Å². The van der Waals surface area contributed by atoms with Crippen LogP contribution in [0.5, 0.6) is 0 Å². The van der Waals surface area contributed by atoms with Gasteiger partial charge in [-0.25, -0.2) is 4.99 Å². The molecule has 29 heavy (non-hydrogen) atoms. The van der Waals surface area contributed by atoms with E-state index in [1.54, 1.807) is 23.1 Å². The van der Waals surface area contributed by atoms with Crippen molar-refractivity contribution in [1.29, 1.82) is 0 Å². The second-order valence-corrected chi connectivity index (χ2v) is 8.48. The third-order valence-electron chi connectivity index (χ3n) is 4.07. The van der Waals surface area contributed by atoms with Crippen LogP contribution >= 0.6 is 35.7 Å². The molecular formula is C20H31IN6OS. The van der Waals surface area contributed by atoms with E-state index >= 15 is 0 Å². The minimum atomic E-state index is -0.112. The maximum absolute atomic E-state index is 12.1. The first kappa shape index (κ1) is 25.3. The second kappa shape index (κ2) is 12.7. The topological polar surface area (TPSA) is 83.3 Å². The third-order valence-corrected chi connectivity index (χ3v) is 5.32. The van der Waals surface area contributed by atoms with Crippen LogP contribution in [0.3, 0.4) is 0 Å². The van der Waals surface area contributed by atoms with Crippen LogP contribution in [0.2, 0.25) is 0 Å². The Morgan fingerprint density at radius 2 is 2.07 bits per heavy atom. The lowest BCUT2D eigenvalue weighted by molar-refractivity contribution is -0.116. The molecule has 1 aromatic carbocycles. The van der Waals surface area contributed by atoms with Gasteiger partial charge in [0.2, 0.25) is 5.91 Å². The number of hydrogen-bond acceptors (Lipinski definition) is 4. The number of guanidine groups is 1. The van der Waals surface area contributed by atoms with Crippen molar-refractivity contribution in [3.8, 4) is 0 Å². The average Bonchev–Trinajstić information content (AvgIpc) is 3.17. The predicted molar refractivity (Wildman–Crippen MR) is 133 cm³/mol. The van der Waals surface area contributed by atoms with E-state index in [2.05, 4.69) is 46.1 Å². The Kier molecular flexibility index (Phi) is 11.1. The fourth-order valence-corrected chi connectivity index (χ4v) is 2.59. The molecule has 0 unspecified atom stereocenters. The summed E-state index contributed by atoms with van der Waals surface area (Å²) >= 11 is 1.82. The Labute approximate surface area is 194 Å². The summed E-state index contributed by atoms with van der Waals surface area (Å²) in [6.07, 6.45) is 5.53. The Morgan fingerprint density at radius 3 is 2.72 bits per heavy atom. The number of halogens is 1. The quantitative estimate of drug-likeness (QED) is 0.263. The van der Waals surface area contributed by atoms with Gasteiger partial charge in [-0.3, -0.25) is 9.48 Å². The van der Waals surface area contributed by atoms with Crippen LogP contribution in [-0.2, 0) is 17.9 Å². The molecular weight excluding hydrogens is 499 g/mol. The number of amides is 1. The number of carbonyl (C=O) groups is 1. The van der Waals surface area contributed by atoms with Crippen LogP contribution in [0.15, 0.2) is 47.7 Å². The minimum Gasteiger partial charge on any atom is -0.357 e. The van der Waals surface area contributed by atoms with Crippen molar-refractivity contribution in [1.82, 2.24) is 20.4 Å². The third kappa shape index (κ3) is 9.53. The van der Waals surface area contributed by atoms with E-state index in [-0.39, 0.29) is 41.2 Å². The van der Waals surface area contributed by atoms with E-state index in [0.717, 1.165) is 30.3 Å². The lowest BCUT2D eigenvalue weighted by Crippen LogP contribution is -2.43. The smallest absolute Gasteiger partial charge is 0.246 e. The maximum Gasteiger partial charge on any atom is 0.246 e. The number of benzene rings is 1. The van der Waals surface area contributed by atoms with E-state index < -0.39 is 0 Å². The summed E-state index contributed by atoms with van der Waals surface area (Å²) in [5.74, 6) is 0.677. The molecule has 0 bridgehead atoms. The largest absolute Gasteiger partial charge is 0.357 e. The Morgan fingerprint density at radius 1 is 1.28 bits per heavy atom. The molecule has 1 heterocycles. The summed E-state index contributed by atoms with van der Waals surface area (Å²) in [6.45, 7) is 8.78. The van der Waals surface area contributed by atoms with Gasteiger partial charge in [-0.1, -0.05) is 12.1 Å². The number of aromatic nitrogens is 2. The number of hydrogen-bond donors (Lipinski definition) is 3. The molecule has 7 nitrogen and oxygen atoms in total. The molecule has 0 fully saturated rings. The van der Waals surface area contributed by atoms with Gasteiger partial charge in [0.25, 0.3) is 0 Å². The van der Waals surface area contributed by atoms with Crippen molar-refractivity contribution in [3.63, 3.8) is 0 Å². The van der Waals surface area contributed by atoms with E-state index in [9.17, 15) is 4.79 Å². The highest BCUT2D eigenvalue weighted by molar-refractivity contribution is 14.0. The molecule has 2 rings (SSSR count). The summed E-state index contributed by atoms with van der Waals surface area (Å²) in [5, 5.41) is 13.6. The number of nitrogens with zero attached hydrogens (tertiary/aromatic N) is 3. The fourth-order valence-electron chi connectivity index (χ4n) is 2.37. The molecule has 0 aliphatic heterocycles. The number of nitrogens with one attached hydrogen (secondary N) is 3. The molecule has 1 aromatic heterocycles. The number of aliphatic imine (C=N–C) groups is 1. The SMILES string of the molecule is CCNC(=NCc1cccc(NC(=O)Cn2cccn2)c1)NCC(C)(C)SC.I. The summed E-state index contributed by atoms with van der Waals surface area (Å²) in [6, 6.07) is 9.54. The van der Waals surface area contributed by atoms with E-state index in [0.29, 0.717) is 6.54 Å². The highest BCUT2D eigenvalue weighted by Gasteiger charge is 2.16. The van der Waals surface area contributed by atoms with E-state index in [4.69, 9.17) is 0 Å². The summed E-state index contributed by atoms with van der Waals surface area (Å²) in [5.41, 5.74) is 1.78. The van der Waals surface area contributed by atoms with Crippen LogP contribution in [0.25, 0.3) is 0 Å². The number of rotatable bonds is 9. The fraction of sp³-hybridized carbons (Fsp3) is 0.450. The van der Waals surface area contributed by atoms with Crippen molar-refractivity contribution >= 4 is 53.3 Å². The highest BCUT2D eigenvalue weighted by Crippen LogP contribution is 2.19. The predicted octanol–water partition coefficient (Wildman–Crippen LogP) is 3.34. The Balaban J connectivity index is 0.00000420. The molecule has 0 atom stereocenters. The first-order valence-electron chi connectivity index (χ1n) is 9.35. The Hall–Kier alpha value is -1.75. The standard InChI is InChI=1S/C20H30N6OS.HI/c1-5-21-19(23-15-20(2,3)28-4)22-13-16-8-6-9-17(12-16)25-18(27)14-26-11-7-10-24-26;/h6-12H,5,13-15H2,1-4H3,(H,25,27)(H2,21,22,23);1H. The zero-order valence-electron chi connectivity index (χ0n) is 17.4. The first-order chi connectivity index (χ1) is 13.4. The van der Waals surface area contributed by atoms with Crippen LogP contribution in [0, 0.1) is 0 Å². The summed E-state index contributed by atoms with van der Waals surface area (Å²) in [4.78, 5) is 16.8. The zero-order valence-corrected chi connectivity index (χ0v) is 20.6. The average molecular weight is 530 g/mol. The first-order valence-corrected chi connectivity index (χ1v) is 10.6. The monoisotopic (exact) mass is 530 g/mol. The molecule has 0 saturated carbocycles. The maximum atomic E-state index is 12.1. The molecule has 0 aliphatic carbocycles. The molecule has 2 aromatic rings. The van der Waals surface area contributed by atoms with Crippen molar-refractivity contribution < 1.29 is 4.79 Å². The molecule has 3 N–H and O–H groups in total. The van der Waals surface area contributed by atoms with Crippen LogP contribution in [-0.4, -0.2) is 45.7 Å². The van der Waals surface area contributed by atoms with Gasteiger partial charge in [0, 0.05) is 35.9 Å². The van der Waals surface area contributed by atoms with Crippen molar-refractivity contribution in [2.45, 2.75) is 38.6 Å².